The molecule has 0 saturated heterocycles. The molecule has 1 aliphatic rings. The quantitative estimate of drug-likeness (QED) is 0.813. The zero-order valence-electron chi connectivity index (χ0n) is 12.0. The highest BCUT2D eigenvalue weighted by Crippen LogP contribution is 2.32. The zero-order valence-corrected chi connectivity index (χ0v) is 13.6. The first-order valence-corrected chi connectivity index (χ1v) is 8.02. The normalized spacial score (nSPS) is 16.1. The summed E-state index contributed by atoms with van der Waals surface area (Å²) < 4.78 is 6.26. The molecule has 1 amide bonds. The molecule has 1 unspecified atom stereocenters. The van der Waals surface area contributed by atoms with E-state index in [0.29, 0.717) is 0 Å². The molecule has 5 heteroatoms. The molecule has 2 aromatic rings. The number of amides is 1. The number of rotatable bonds is 4. The minimum absolute atomic E-state index is 0.132. The molecular weight excluding hydrogens is 344 g/mol. The second kappa shape index (κ2) is 6.94. The minimum Gasteiger partial charge on any atom is -0.444 e. The summed E-state index contributed by atoms with van der Waals surface area (Å²) in [5, 5.41) is 0. The van der Waals surface area contributed by atoms with Crippen molar-refractivity contribution in [3.63, 3.8) is 0 Å². The second-order valence-corrected chi connectivity index (χ2v) is 6.18. The number of hydrazine groups is 1. The first kappa shape index (κ1) is 15.1. The van der Waals surface area contributed by atoms with Gasteiger partial charge in [-0.05, 0) is 41.7 Å². The number of hydrogen-bond donors (Lipinski definition) is 2. The number of ether oxygens (including phenoxy) is 1. The summed E-state index contributed by atoms with van der Waals surface area (Å²) in [6, 6.07) is 16.0. The van der Waals surface area contributed by atoms with Crippen LogP contribution in [0.1, 0.15) is 29.2 Å². The van der Waals surface area contributed by atoms with E-state index in [0.717, 1.165) is 22.9 Å². The van der Waals surface area contributed by atoms with Crippen LogP contribution in [0.25, 0.3) is 0 Å². The Morgan fingerprint density at radius 1 is 1.23 bits per heavy atom. The first-order valence-electron chi connectivity index (χ1n) is 7.23. The molecule has 1 atom stereocenters. The molecule has 0 bridgehead atoms. The highest BCUT2D eigenvalue weighted by atomic mass is 79.9. The van der Waals surface area contributed by atoms with Crippen LogP contribution in [0.2, 0.25) is 0 Å². The Balaban J connectivity index is 1.48. The van der Waals surface area contributed by atoms with E-state index in [9.17, 15) is 4.79 Å². The zero-order chi connectivity index (χ0) is 15.4. The van der Waals surface area contributed by atoms with Crippen molar-refractivity contribution in [2.24, 2.45) is 0 Å². The van der Waals surface area contributed by atoms with Crippen LogP contribution in [0.4, 0.5) is 4.79 Å². The van der Waals surface area contributed by atoms with Crippen molar-refractivity contribution in [3.05, 3.63) is 69.7 Å². The van der Waals surface area contributed by atoms with Gasteiger partial charge < -0.3 is 4.74 Å². The van der Waals surface area contributed by atoms with Crippen molar-refractivity contribution in [3.8, 4) is 0 Å². The molecular formula is C17H17BrN2O2. The molecule has 22 heavy (non-hydrogen) atoms. The Morgan fingerprint density at radius 2 is 2.05 bits per heavy atom. The number of fused-ring (bicyclic) bond motifs is 1. The van der Waals surface area contributed by atoms with E-state index in [1.165, 1.54) is 11.1 Å². The van der Waals surface area contributed by atoms with E-state index in [-0.39, 0.29) is 12.6 Å². The van der Waals surface area contributed by atoms with Gasteiger partial charge in [-0.2, -0.15) is 0 Å². The average molecular weight is 361 g/mol. The predicted octanol–water partition coefficient (Wildman–Crippen LogP) is 3.87. The molecule has 0 saturated carbocycles. The fourth-order valence-electron chi connectivity index (χ4n) is 2.64. The minimum atomic E-state index is -0.464. The van der Waals surface area contributed by atoms with Crippen LogP contribution >= 0.6 is 15.9 Å². The lowest BCUT2D eigenvalue weighted by Crippen LogP contribution is -2.39. The first-order chi connectivity index (χ1) is 10.7. The van der Waals surface area contributed by atoms with E-state index in [1.807, 2.05) is 36.4 Å². The number of hydrogen-bond acceptors (Lipinski definition) is 3. The molecule has 1 aliphatic carbocycles. The third-order valence-corrected chi connectivity index (χ3v) is 4.24. The Morgan fingerprint density at radius 3 is 2.86 bits per heavy atom. The van der Waals surface area contributed by atoms with Crippen LogP contribution in [0.5, 0.6) is 0 Å². The maximum Gasteiger partial charge on any atom is 0.421 e. The van der Waals surface area contributed by atoms with Crippen LogP contribution in [0.3, 0.4) is 0 Å². The summed E-state index contributed by atoms with van der Waals surface area (Å²) in [6.07, 6.45) is 1.51. The maximum absolute atomic E-state index is 11.7. The van der Waals surface area contributed by atoms with Crippen molar-refractivity contribution in [1.29, 1.82) is 0 Å². The average Bonchev–Trinajstić information content (AvgIpc) is 2.94. The van der Waals surface area contributed by atoms with Crippen molar-refractivity contribution in [2.75, 3.05) is 0 Å². The van der Waals surface area contributed by atoms with Gasteiger partial charge in [0.2, 0.25) is 0 Å². The molecule has 0 heterocycles. The molecule has 0 spiro atoms. The van der Waals surface area contributed by atoms with Gasteiger partial charge in [0, 0.05) is 4.47 Å². The van der Waals surface area contributed by atoms with Gasteiger partial charge in [-0.15, -0.1) is 0 Å². The number of benzene rings is 2. The van der Waals surface area contributed by atoms with Crippen LogP contribution < -0.4 is 10.9 Å². The number of carbonyl (C=O) groups is 1. The third-order valence-electron chi connectivity index (χ3n) is 3.74. The van der Waals surface area contributed by atoms with Gasteiger partial charge in [0.15, 0.2) is 0 Å². The van der Waals surface area contributed by atoms with E-state index >= 15 is 0 Å². The van der Waals surface area contributed by atoms with Gasteiger partial charge in [-0.25, -0.2) is 10.2 Å². The lowest BCUT2D eigenvalue weighted by Gasteiger charge is -2.15. The van der Waals surface area contributed by atoms with Gasteiger partial charge in [-0.3, -0.25) is 5.43 Å². The largest absolute Gasteiger partial charge is 0.444 e. The summed E-state index contributed by atoms with van der Waals surface area (Å²) in [6.45, 7) is 0.266. The number of halogens is 1. The van der Waals surface area contributed by atoms with E-state index < -0.39 is 6.09 Å². The highest BCUT2D eigenvalue weighted by molar-refractivity contribution is 9.10. The highest BCUT2D eigenvalue weighted by Gasteiger charge is 2.22. The smallest absolute Gasteiger partial charge is 0.421 e. The Bertz CT molecular complexity index is 661. The number of nitrogens with one attached hydrogen (secondary N) is 2. The topological polar surface area (TPSA) is 50.4 Å². The summed E-state index contributed by atoms with van der Waals surface area (Å²) in [5.74, 6) is 0. The second-order valence-electron chi connectivity index (χ2n) is 5.27. The van der Waals surface area contributed by atoms with E-state index in [2.05, 4.69) is 38.9 Å². The summed E-state index contributed by atoms with van der Waals surface area (Å²) in [7, 11) is 0. The molecule has 4 nitrogen and oxygen atoms in total. The molecule has 0 aromatic heterocycles. The van der Waals surface area contributed by atoms with Crippen LogP contribution in [0, 0.1) is 0 Å². The summed E-state index contributed by atoms with van der Waals surface area (Å²) >= 11 is 3.48. The van der Waals surface area contributed by atoms with Crippen molar-refractivity contribution in [1.82, 2.24) is 10.9 Å². The van der Waals surface area contributed by atoms with Crippen molar-refractivity contribution < 1.29 is 9.53 Å². The fraction of sp³-hybridized carbons (Fsp3) is 0.235. The van der Waals surface area contributed by atoms with Gasteiger partial charge in [-0.1, -0.05) is 52.3 Å². The van der Waals surface area contributed by atoms with Crippen molar-refractivity contribution >= 4 is 22.0 Å². The van der Waals surface area contributed by atoms with Gasteiger partial charge in [0.25, 0.3) is 0 Å². The Labute approximate surface area is 138 Å². The van der Waals surface area contributed by atoms with Gasteiger partial charge in [0.05, 0.1) is 6.04 Å². The third kappa shape index (κ3) is 3.67. The fourth-order valence-corrected chi connectivity index (χ4v) is 3.05. The van der Waals surface area contributed by atoms with Crippen LogP contribution in [-0.2, 0) is 17.8 Å². The number of carbonyl (C=O) groups excluding carboxylic acids is 1. The number of aryl methyl sites for hydroxylation is 1. The van der Waals surface area contributed by atoms with Crippen LogP contribution in [-0.4, -0.2) is 6.09 Å². The standard InChI is InChI=1S/C17H17BrN2O2/c18-14-7-8-15-13(10-14)6-9-16(15)19-20-17(21)22-11-12-4-2-1-3-5-12/h1-5,7-8,10,16,19H,6,9,11H2,(H,20,21). The Hall–Kier alpha value is -1.85. The Kier molecular flexibility index (Phi) is 4.75. The lowest BCUT2D eigenvalue weighted by molar-refractivity contribution is 0.132. The maximum atomic E-state index is 11.7. The molecule has 114 valence electrons. The van der Waals surface area contributed by atoms with Crippen molar-refractivity contribution in [2.45, 2.75) is 25.5 Å². The molecule has 0 aliphatic heterocycles. The van der Waals surface area contributed by atoms with E-state index in [1.54, 1.807) is 0 Å². The monoisotopic (exact) mass is 360 g/mol. The van der Waals surface area contributed by atoms with Gasteiger partial charge in [0.1, 0.15) is 6.61 Å². The lowest BCUT2D eigenvalue weighted by atomic mass is 10.1. The molecule has 0 radical (unpaired) electrons. The van der Waals surface area contributed by atoms with E-state index in [4.69, 9.17) is 4.74 Å². The van der Waals surface area contributed by atoms with Crippen LogP contribution in [0.15, 0.2) is 53.0 Å². The predicted molar refractivity (Wildman–Crippen MR) is 88.1 cm³/mol. The molecule has 3 rings (SSSR count). The molecule has 0 fully saturated rings. The molecule has 2 N–H and O–H groups in total. The van der Waals surface area contributed by atoms with Gasteiger partial charge >= 0.3 is 6.09 Å². The summed E-state index contributed by atoms with van der Waals surface area (Å²) in [5.41, 5.74) is 9.19. The summed E-state index contributed by atoms with van der Waals surface area (Å²) in [4.78, 5) is 11.7. The molecule has 2 aromatic carbocycles. The SMILES string of the molecule is O=C(NNC1CCc2cc(Br)ccc21)OCc1ccccc1.